The van der Waals surface area contributed by atoms with Crippen molar-refractivity contribution in [3.8, 4) is 6.07 Å². The van der Waals surface area contributed by atoms with Gasteiger partial charge in [0.25, 0.3) is 0 Å². The molecule has 1 aliphatic heterocycles. The number of unbranched alkanes of at least 4 members (excludes halogenated alkanes) is 1. The number of benzene rings is 2. The van der Waals surface area contributed by atoms with Crippen molar-refractivity contribution >= 4 is 40.3 Å². The van der Waals surface area contributed by atoms with Gasteiger partial charge in [0.1, 0.15) is 5.82 Å². The summed E-state index contributed by atoms with van der Waals surface area (Å²) in [7, 11) is 0. The summed E-state index contributed by atoms with van der Waals surface area (Å²) in [6.07, 6.45) is 0.920. The maximum Gasteiger partial charge on any atom is 0.404 e. The molecule has 2 aromatic carbocycles. The molecule has 168 valence electrons. The molecule has 1 aliphatic carbocycles. The van der Waals surface area contributed by atoms with E-state index in [-0.39, 0.29) is 18.5 Å². The smallest absolute Gasteiger partial charge is 0.404 e. The molecule has 2 amide bonds. The summed E-state index contributed by atoms with van der Waals surface area (Å²) in [6.45, 7) is 0.897. The van der Waals surface area contributed by atoms with Crippen LogP contribution in [-0.4, -0.2) is 32.7 Å². The number of para-hydroxylation sites is 1. The van der Waals surface area contributed by atoms with Crippen LogP contribution in [0.1, 0.15) is 37.1 Å². The molecular weight excluding hydrogens is 442 g/mol. The Morgan fingerprint density at radius 1 is 1.30 bits per heavy atom. The molecule has 2 aliphatic rings. The van der Waals surface area contributed by atoms with Crippen LogP contribution in [0.3, 0.4) is 0 Å². The van der Waals surface area contributed by atoms with E-state index in [9.17, 15) is 9.59 Å². The standard InChI is InChI=1S/C24H22ClN5O3/c25-15-7-8-20-18(11-15)28-21(29(20)10-4-3-9-26)14-30-19-6-2-1-5-17(19)24(22(30)31)12-16(13-24)27-23(32)33/h1-2,5-8,11,16,27H,3-4,10,12-14H2,(H,32,33). The van der Waals surface area contributed by atoms with Gasteiger partial charge in [-0.05, 0) is 49.1 Å². The molecule has 0 bridgehead atoms. The highest BCUT2D eigenvalue weighted by molar-refractivity contribution is 6.31. The number of fused-ring (bicyclic) bond motifs is 3. The van der Waals surface area contributed by atoms with Crippen LogP contribution >= 0.6 is 11.6 Å². The van der Waals surface area contributed by atoms with Gasteiger partial charge in [0.2, 0.25) is 5.91 Å². The Kier molecular flexibility index (Phi) is 5.22. The third kappa shape index (κ3) is 3.49. The third-order valence-electron chi connectivity index (χ3n) is 6.64. The van der Waals surface area contributed by atoms with Crippen molar-refractivity contribution in [1.82, 2.24) is 14.9 Å². The van der Waals surface area contributed by atoms with Gasteiger partial charge in [-0.3, -0.25) is 4.79 Å². The minimum absolute atomic E-state index is 0.0270. The van der Waals surface area contributed by atoms with Crippen LogP contribution < -0.4 is 10.2 Å². The van der Waals surface area contributed by atoms with E-state index in [1.165, 1.54) is 0 Å². The van der Waals surface area contributed by atoms with E-state index in [0.717, 1.165) is 28.1 Å². The molecule has 2 N–H and O–H groups in total. The highest BCUT2D eigenvalue weighted by Gasteiger charge is 2.58. The number of hydrogen-bond donors (Lipinski definition) is 2. The van der Waals surface area contributed by atoms with Crippen LogP contribution in [0, 0.1) is 11.3 Å². The Balaban J connectivity index is 1.49. The van der Waals surface area contributed by atoms with Gasteiger partial charge in [-0.15, -0.1) is 0 Å². The number of hydrogen-bond acceptors (Lipinski definition) is 4. The van der Waals surface area contributed by atoms with E-state index in [0.29, 0.717) is 37.3 Å². The highest BCUT2D eigenvalue weighted by Crippen LogP contribution is 2.53. The number of anilines is 1. The second-order valence-corrected chi connectivity index (χ2v) is 9.06. The molecule has 5 rings (SSSR count). The quantitative estimate of drug-likeness (QED) is 0.532. The summed E-state index contributed by atoms with van der Waals surface area (Å²) in [6, 6.07) is 15.2. The number of amides is 2. The minimum atomic E-state index is -1.07. The number of halogens is 1. The zero-order chi connectivity index (χ0) is 23.2. The summed E-state index contributed by atoms with van der Waals surface area (Å²) in [5, 5.41) is 21.1. The molecule has 1 saturated carbocycles. The monoisotopic (exact) mass is 463 g/mol. The van der Waals surface area contributed by atoms with Crippen LogP contribution in [-0.2, 0) is 23.3 Å². The number of carbonyl (C=O) groups excluding carboxylic acids is 1. The summed E-state index contributed by atoms with van der Waals surface area (Å²) < 4.78 is 2.06. The lowest BCUT2D eigenvalue weighted by Crippen LogP contribution is -2.57. The SMILES string of the molecule is N#CCCCn1c(CN2C(=O)C3(CC(NC(=O)O)C3)c3ccccc32)nc2cc(Cl)ccc21. The predicted molar refractivity (Wildman–Crippen MR) is 123 cm³/mol. The van der Waals surface area contributed by atoms with E-state index in [2.05, 4.69) is 16.0 Å². The normalized spacial score (nSPS) is 21.2. The van der Waals surface area contributed by atoms with Crippen molar-refractivity contribution in [3.63, 3.8) is 0 Å². The van der Waals surface area contributed by atoms with E-state index >= 15 is 0 Å². The molecule has 2 heterocycles. The molecule has 8 nitrogen and oxygen atoms in total. The van der Waals surface area contributed by atoms with Crippen molar-refractivity contribution in [3.05, 3.63) is 58.9 Å². The molecule has 3 aromatic rings. The molecule has 0 saturated heterocycles. The molecule has 33 heavy (non-hydrogen) atoms. The Bertz CT molecular complexity index is 1310. The Labute approximate surface area is 195 Å². The fourth-order valence-electron chi connectivity index (χ4n) is 5.19. The van der Waals surface area contributed by atoms with E-state index < -0.39 is 11.5 Å². The second kappa shape index (κ2) is 8.09. The number of imidazole rings is 1. The number of nitriles is 1. The molecule has 0 radical (unpaired) electrons. The number of carboxylic acid groups (broad SMARTS) is 1. The van der Waals surface area contributed by atoms with Crippen molar-refractivity contribution in [1.29, 1.82) is 5.26 Å². The van der Waals surface area contributed by atoms with Gasteiger partial charge >= 0.3 is 6.09 Å². The lowest BCUT2D eigenvalue weighted by molar-refractivity contribution is -0.127. The summed E-state index contributed by atoms with van der Waals surface area (Å²) in [5.74, 6) is 0.700. The lowest BCUT2D eigenvalue weighted by Gasteiger charge is -2.43. The second-order valence-electron chi connectivity index (χ2n) is 8.62. The molecule has 0 unspecified atom stereocenters. The predicted octanol–water partition coefficient (Wildman–Crippen LogP) is 4.21. The first-order chi connectivity index (χ1) is 15.9. The maximum absolute atomic E-state index is 13.7. The highest BCUT2D eigenvalue weighted by atomic mass is 35.5. The van der Waals surface area contributed by atoms with E-state index in [1.807, 2.05) is 36.4 Å². The first kappa shape index (κ1) is 21.3. The van der Waals surface area contributed by atoms with Gasteiger partial charge in [-0.1, -0.05) is 29.8 Å². The van der Waals surface area contributed by atoms with Crippen molar-refractivity contribution < 1.29 is 14.7 Å². The Hall–Kier alpha value is -3.57. The molecule has 1 aromatic heterocycles. The molecule has 0 atom stereocenters. The van der Waals surface area contributed by atoms with Crippen LogP contribution in [0.15, 0.2) is 42.5 Å². The number of nitrogens with zero attached hydrogens (tertiary/aromatic N) is 4. The largest absolute Gasteiger partial charge is 0.465 e. The van der Waals surface area contributed by atoms with Crippen molar-refractivity contribution in [2.24, 2.45) is 0 Å². The average molecular weight is 464 g/mol. The first-order valence-electron chi connectivity index (χ1n) is 10.9. The maximum atomic E-state index is 13.7. The van der Waals surface area contributed by atoms with E-state index in [4.69, 9.17) is 27.0 Å². The summed E-state index contributed by atoms with van der Waals surface area (Å²) in [5.41, 5.74) is 2.73. The van der Waals surface area contributed by atoms with Gasteiger partial charge in [0.15, 0.2) is 0 Å². The summed E-state index contributed by atoms with van der Waals surface area (Å²) >= 11 is 6.18. The molecule has 1 spiro atoms. The first-order valence-corrected chi connectivity index (χ1v) is 11.2. The average Bonchev–Trinajstić information content (AvgIpc) is 3.21. The third-order valence-corrected chi connectivity index (χ3v) is 6.88. The zero-order valence-corrected chi connectivity index (χ0v) is 18.5. The van der Waals surface area contributed by atoms with Gasteiger partial charge in [-0.2, -0.15) is 5.26 Å². The van der Waals surface area contributed by atoms with Gasteiger partial charge in [0, 0.05) is 29.7 Å². The summed E-state index contributed by atoms with van der Waals surface area (Å²) in [4.78, 5) is 31.3. The van der Waals surface area contributed by atoms with Gasteiger partial charge in [-0.25, -0.2) is 9.78 Å². The molecular formula is C24H22ClN5O3. The van der Waals surface area contributed by atoms with Gasteiger partial charge < -0.3 is 19.9 Å². The van der Waals surface area contributed by atoms with Crippen LogP contribution in [0.4, 0.5) is 10.5 Å². The van der Waals surface area contributed by atoms with Crippen LogP contribution in [0.2, 0.25) is 5.02 Å². The Morgan fingerprint density at radius 3 is 2.85 bits per heavy atom. The lowest BCUT2D eigenvalue weighted by atomic mass is 9.62. The fraction of sp³-hybridized carbons (Fsp3) is 0.333. The zero-order valence-electron chi connectivity index (χ0n) is 17.8. The van der Waals surface area contributed by atoms with E-state index in [1.54, 1.807) is 11.0 Å². The fourth-order valence-corrected chi connectivity index (χ4v) is 5.35. The Morgan fingerprint density at radius 2 is 2.09 bits per heavy atom. The number of rotatable bonds is 6. The number of aryl methyl sites for hydroxylation is 1. The minimum Gasteiger partial charge on any atom is -0.465 e. The van der Waals surface area contributed by atoms with Crippen LogP contribution in [0.25, 0.3) is 11.0 Å². The molecule has 9 heteroatoms. The van der Waals surface area contributed by atoms with Crippen molar-refractivity contribution in [2.45, 2.75) is 50.2 Å². The van der Waals surface area contributed by atoms with Crippen molar-refractivity contribution in [2.75, 3.05) is 4.90 Å². The number of nitrogens with one attached hydrogen (secondary N) is 1. The number of aromatic nitrogens is 2. The molecule has 1 fully saturated rings. The van der Waals surface area contributed by atoms with Crippen LogP contribution in [0.5, 0.6) is 0 Å². The van der Waals surface area contributed by atoms with Gasteiger partial charge in [0.05, 0.1) is 29.1 Å². The topological polar surface area (TPSA) is 111 Å². The number of carbonyl (C=O) groups is 2.